The van der Waals surface area contributed by atoms with Crippen LogP contribution in [0.5, 0.6) is 0 Å². The summed E-state index contributed by atoms with van der Waals surface area (Å²) in [7, 11) is 0.701. The number of nitrogens with zero attached hydrogens (tertiary/aromatic N) is 3. The lowest BCUT2D eigenvalue weighted by Crippen LogP contribution is -2.35. The number of nitrogens with two attached hydrogens (primary N) is 1. The molecule has 4 rings (SSSR count). The van der Waals surface area contributed by atoms with Gasteiger partial charge in [-0.2, -0.15) is 0 Å². The quantitative estimate of drug-likeness (QED) is 0.409. The number of fused-ring (bicyclic) bond motifs is 1. The van der Waals surface area contributed by atoms with Gasteiger partial charge in [-0.3, -0.25) is 0 Å². The molecule has 1 aromatic carbocycles. The number of aromatic nitrogens is 2. The first-order valence-corrected chi connectivity index (χ1v) is 12.7. The van der Waals surface area contributed by atoms with Crippen LogP contribution in [-0.4, -0.2) is 46.3 Å². The summed E-state index contributed by atoms with van der Waals surface area (Å²) in [6.07, 6.45) is 7.04. The number of aryl methyl sites for hydroxylation is 1. The second kappa shape index (κ2) is 9.13. The fraction of sp³-hybridized carbons (Fsp3) is 0.423. The van der Waals surface area contributed by atoms with Crippen LogP contribution in [0.3, 0.4) is 0 Å². The van der Waals surface area contributed by atoms with Crippen LogP contribution >= 0.6 is 8.58 Å². The molecular weight excluding hydrogens is 399 g/mol. The maximum absolute atomic E-state index is 6.56. The standard InChI is InChI=1S/C26H33N4P/c1-5-25-28-13-14-30(25)16-19(3)15-24(31-4)21-10-7-20(8-11-21)9-12-22-23-17-29(6-2)18-26(22,23)27/h7-8,10-11,13-15,22-23,31H,3,5-6,16-18,27H2,1-2,4H3/b24-15-. The zero-order chi connectivity index (χ0) is 22.0. The molecule has 5 heteroatoms. The largest absolute Gasteiger partial charge is 0.331 e. The molecule has 1 aliphatic carbocycles. The third-order valence-electron chi connectivity index (χ3n) is 6.64. The summed E-state index contributed by atoms with van der Waals surface area (Å²) in [5.41, 5.74) is 9.88. The Kier molecular flexibility index (Phi) is 6.49. The molecule has 4 atom stereocenters. The third kappa shape index (κ3) is 4.55. The van der Waals surface area contributed by atoms with Crippen LogP contribution in [-0.2, 0) is 13.0 Å². The Balaban J connectivity index is 1.40. The molecule has 0 spiro atoms. The summed E-state index contributed by atoms with van der Waals surface area (Å²) >= 11 is 0. The summed E-state index contributed by atoms with van der Waals surface area (Å²) in [5.74, 6) is 8.81. The average Bonchev–Trinajstić information content (AvgIpc) is 3.10. The van der Waals surface area contributed by atoms with Gasteiger partial charge in [0, 0.05) is 61.4 Å². The van der Waals surface area contributed by atoms with E-state index in [1.54, 1.807) is 0 Å². The molecule has 1 saturated heterocycles. The predicted molar refractivity (Wildman–Crippen MR) is 132 cm³/mol. The van der Waals surface area contributed by atoms with Crippen molar-refractivity contribution in [3.05, 3.63) is 71.8 Å². The maximum atomic E-state index is 6.56. The van der Waals surface area contributed by atoms with Crippen molar-refractivity contribution in [1.82, 2.24) is 14.5 Å². The summed E-state index contributed by atoms with van der Waals surface area (Å²) in [4.78, 5) is 6.83. The Hall–Kier alpha value is -2.18. The first kappa shape index (κ1) is 22.0. The molecule has 0 bridgehead atoms. The number of hydrogen-bond acceptors (Lipinski definition) is 3. The molecule has 31 heavy (non-hydrogen) atoms. The second-order valence-corrected chi connectivity index (χ2v) is 9.70. The zero-order valence-electron chi connectivity index (χ0n) is 18.9. The van der Waals surface area contributed by atoms with Crippen LogP contribution in [0.2, 0.25) is 0 Å². The monoisotopic (exact) mass is 432 g/mol. The fourth-order valence-corrected chi connectivity index (χ4v) is 5.50. The summed E-state index contributed by atoms with van der Waals surface area (Å²) in [6.45, 7) is 14.8. The molecule has 0 amide bonds. The highest BCUT2D eigenvalue weighted by Crippen LogP contribution is 2.53. The molecular formula is C26H33N4P. The molecule has 2 aromatic rings. The first-order chi connectivity index (χ1) is 15.0. The van der Waals surface area contributed by atoms with E-state index in [2.05, 4.69) is 83.7 Å². The van der Waals surface area contributed by atoms with Gasteiger partial charge in [-0.05, 0) is 47.9 Å². The molecule has 2 aliphatic rings. The van der Waals surface area contributed by atoms with E-state index in [-0.39, 0.29) is 5.54 Å². The molecule has 162 valence electrons. The number of hydrogen-bond donors (Lipinski definition) is 1. The molecule has 0 radical (unpaired) electrons. The van der Waals surface area contributed by atoms with Crippen molar-refractivity contribution in [3.63, 3.8) is 0 Å². The van der Waals surface area contributed by atoms with Crippen molar-refractivity contribution in [2.45, 2.75) is 32.4 Å². The van der Waals surface area contributed by atoms with E-state index in [1.807, 2.05) is 12.4 Å². The van der Waals surface area contributed by atoms with E-state index in [4.69, 9.17) is 5.73 Å². The van der Waals surface area contributed by atoms with Gasteiger partial charge in [0.05, 0.1) is 0 Å². The Bertz CT molecular complexity index is 1040. The summed E-state index contributed by atoms with van der Waals surface area (Å²) in [5, 5.41) is 1.32. The predicted octanol–water partition coefficient (Wildman–Crippen LogP) is 3.98. The number of likely N-dealkylation sites (N-methyl/N-ethyl adjacent to an activating group) is 1. The number of benzene rings is 1. The van der Waals surface area contributed by atoms with Gasteiger partial charge in [0.15, 0.2) is 0 Å². The smallest absolute Gasteiger partial charge is 0.108 e. The number of imidazole rings is 1. The first-order valence-electron chi connectivity index (χ1n) is 11.2. The van der Waals surface area contributed by atoms with E-state index < -0.39 is 0 Å². The van der Waals surface area contributed by atoms with Crippen LogP contribution < -0.4 is 5.73 Å². The fourth-order valence-electron chi connectivity index (χ4n) is 4.70. The van der Waals surface area contributed by atoms with Crippen LogP contribution in [0.1, 0.15) is 30.8 Å². The van der Waals surface area contributed by atoms with E-state index in [9.17, 15) is 0 Å². The van der Waals surface area contributed by atoms with Gasteiger partial charge in [0.25, 0.3) is 0 Å². The van der Waals surface area contributed by atoms with Gasteiger partial charge < -0.3 is 15.2 Å². The molecule has 4 nitrogen and oxygen atoms in total. The van der Waals surface area contributed by atoms with Gasteiger partial charge in [-0.15, -0.1) is 0 Å². The van der Waals surface area contributed by atoms with E-state index >= 15 is 0 Å². The maximum Gasteiger partial charge on any atom is 0.108 e. The van der Waals surface area contributed by atoms with E-state index in [1.165, 1.54) is 10.9 Å². The van der Waals surface area contributed by atoms with Crippen LogP contribution in [0.15, 0.2) is 54.9 Å². The Labute approximate surface area is 188 Å². The van der Waals surface area contributed by atoms with Gasteiger partial charge in [-0.25, -0.2) is 4.98 Å². The van der Waals surface area contributed by atoms with Gasteiger partial charge in [0.2, 0.25) is 0 Å². The second-order valence-electron chi connectivity index (χ2n) is 8.66. The average molecular weight is 433 g/mol. The molecule has 2 heterocycles. The summed E-state index contributed by atoms with van der Waals surface area (Å²) in [6, 6.07) is 8.62. The van der Waals surface area contributed by atoms with Crippen LogP contribution in [0, 0.1) is 23.7 Å². The Morgan fingerprint density at radius 3 is 2.74 bits per heavy atom. The van der Waals surface area contributed by atoms with Crippen molar-refractivity contribution in [1.29, 1.82) is 0 Å². The lowest BCUT2D eigenvalue weighted by Gasteiger charge is -2.17. The van der Waals surface area contributed by atoms with Gasteiger partial charge in [-0.1, -0.05) is 53.0 Å². The molecule has 1 aliphatic heterocycles. The number of piperidine rings is 1. The number of allylic oxidation sites excluding steroid dienone is 2. The highest BCUT2D eigenvalue weighted by Gasteiger charge is 2.66. The highest BCUT2D eigenvalue weighted by atomic mass is 31.1. The third-order valence-corrected chi connectivity index (χ3v) is 7.61. The minimum Gasteiger partial charge on any atom is -0.331 e. The number of rotatable bonds is 7. The molecule has 2 fully saturated rings. The molecule has 4 unspecified atom stereocenters. The van der Waals surface area contributed by atoms with Gasteiger partial charge >= 0.3 is 0 Å². The minimum atomic E-state index is -0.0740. The normalized spacial score (nSPS) is 25.5. The van der Waals surface area contributed by atoms with Crippen molar-refractivity contribution >= 4 is 13.9 Å². The Morgan fingerprint density at radius 1 is 1.35 bits per heavy atom. The van der Waals surface area contributed by atoms with E-state index in [0.717, 1.165) is 49.6 Å². The lowest BCUT2D eigenvalue weighted by molar-refractivity contribution is 0.303. The SMILES string of the molecule is C=C(/C=C(\PC)c1ccc(C#CC2C3CN(CC)CC23N)cc1)Cn1ccnc1CC. The summed E-state index contributed by atoms with van der Waals surface area (Å²) < 4.78 is 2.17. The lowest BCUT2D eigenvalue weighted by atomic mass is 10.1. The molecule has 1 saturated carbocycles. The van der Waals surface area contributed by atoms with Crippen molar-refractivity contribution in [3.8, 4) is 11.8 Å². The van der Waals surface area contributed by atoms with Gasteiger partial charge in [0.1, 0.15) is 5.82 Å². The zero-order valence-corrected chi connectivity index (χ0v) is 19.9. The topological polar surface area (TPSA) is 47.1 Å². The Morgan fingerprint density at radius 2 is 2.13 bits per heavy atom. The van der Waals surface area contributed by atoms with Crippen molar-refractivity contribution < 1.29 is 0 Å². The van der Waals surface area contributed by atoms with Crippen molar-refractivity contribution in [2.24, 2.45) is 17.6 Å². The van der Waals surface area contributed by atoms with Crippen molar-refractivity contribution in [2.75, 3.05) is 26.3 Å². The van der Waals surface area contributed by atoms with Crippen LogP contribution in [0.4, 0.5) is 0 Å². The highest BCUT2D eigenvalue weighted by molar-refractivity contribution is 7.49. The van der Waals surface area contributed by atoms with E-state index in [0.29, 0.717) is 20.4 Å². The number of likely N-dealkylation sites (tertiary alicyclic amines) is 1. The molecule has 2 N–H and O–H groups in total. The minimum absolute atomic E-state index is 0.0740. The molecule has 1 aromatic heterocycles. The van der Waals surface area contributed by atoms with Crippen LogP contribution in [0.25, 0.3) is 5.31 Å².